The Bertz CT molecular complexity index is 1250. The number of nitrogens with one attached hydrogen (secondary N) is 1. The monoisotopic (exact) mass is 457 g/mol. The molecule has 1 aromatic heterocycles. The van der Waals surface area contributed by atoms with Gasteiger partial charge in [-0.25, -0.2) is 13.4 Å². The van der Waals surface area contributed by atoms with Crippen LogP contribution in [0.3, 0.4) is 0 Å². The number of anilines is 1. The van der Waals surface area contributed by atoms with Crippen molar-refractivity contribution in [3.05, 3.63) is 47.5 Å². The molecule has 0 radical (unpaired) electrons. The van der Waals surface area contributed by atoms with E-state index in [1.165, 1.54) is 4.31 Å². The average molecular weight is 458 g/mol. The lowest BCUT2D eigenvalue weighted by Gasteiger charge is -2.35. The lowest BCUT2D eigenvalue weighted by Crippen LogP contribution is -2.46. The number of amides is 1. The predicted molar refractivity (Wildman–Crippen MR) is 120 cm³/mol. The van der Waals surface area contributed by atoms with Gasteiger partial charge in [0.25, 0.3) is 0 Å². The minimum absolute atomic E-state index is 0.0752. The van der Waals surface area contributed by atoms with E-state index >= 15 is 0 Å². The van der Waals surface area contributed by atoms with Crippen molar-refractivity contribution in [2.24, 2.45) is 11.8 Å². The number of fused-ring (bicyclic) bond motifs is 2. The maximum atomic E-state index is 13.2. The van der Waals surface area contributed by atoms with Crippen LogP contribution in [-0.2, 0) is 21.2 Å². The van der Waals surface area contributed by atoms with Gasteiger partial charge in [0, 0.05) is 31.1 Å². The molecule has 0 saturated carbocycles. The summed E-state index contributed by atoms with van der Waals surface area (Å²) in [5, 5.41) is 2.98. The van der Waals surface area contributed by atoms with Crippen molar-refractivity contribution in [3.63, 3.8) is 0 Å². The number of hydrogen-bond donors (Lipinski definition) is 1. The van der Waals surface area contributed by atoms with E-state index in [-0.39, 0.29) is 17.7 Å². The second-order valence-electron chi connectivity index (χ2n) is 8.13. The van der Waals surface area contributed by atoms with E-state index in [9.17, 15) is 13.2 Å². The molecule has 5 rings (SSSR count). The summed E-state index contributed by atoms with van der Waals surface area (Å²) in [6.07, 6.45) is 1.21. The van der Waals surface area contributed by atoms with Crippen LogP contribution in [0.15, 0.2) is 46.8 Å². The highest BCUT2D eigenvalue weighted by Gasteiger charge is 2.37. The molecule has 2 aliphatic heterocycles. The Labute approximate surface area is 185 Å². The van der Waals surface area contributed by atoms with E-state index in [2.05, 4.69) is 10.3 Å². The Kier molecular flexibility index (Phi) is 5.19. The number of nitrogens with zero attached hydrogens (tertiary/aromatic N) is 2. The first-order valence-electron chi connectivity index (χ1n) is 10.3. The summed E-state index contributed by atoms with van der Waals surface area (Å²) < 4.78 is 34.4. The molecular weight excluding hydrogens is 434 g/mol. The Morgan fingerprint density at radius 1 is 1.26 bits per heavy atom. The van der Waals surface area contributed by atoms with Crippen LogP contribution in [0.2, 0.25) is 0 Å². The first-order chi connectivity index (χ1) is 14.9. The fourth-order valence-electron chi connectivity index (χ4n) is 4.36. The van der Waals surface area contributed by atoms with E-state index in [0.29, 0.717) is 36.7 Å². The standard InChI is InChI=1S/C22H23N3O4S2/c1-14-12-25(31(27,28)17-3-4-20-15(10-17)7-9-29-20)8-6-18(14)22(26)24-16-2-5-21-19(11-16)23-13-30-21/h2-5,10-11,13-14,18H,6-9,12H2,1H3,(H,24,26)/t14-,18-/m0/s1. The summed E-state index contributed by atoms with van der Waals surface area (Å²) >= 11 is 1.56. The van der Waals surface area contributed by atoms with E-state index in [4.69, 9.17) is 4.74 Å². The van der Waals surface area contributed by atoms with E-state index in [1.807, 2.05) is 25.1 Å². The van der Waals surface area contributed by atoms with Crippen LogP contribution in [0.25, 0.3) is 10.2 Å². The van der Waals surface area contributed by atoms with Crippen LogP contribution in [0.1, 0.15) is 18.9 Å². The first kappa shape index (κ1) is 20.4. The minimum atomic E-state index is -3.60. The topological polar surface area (TPSA) is 88.6 Å². The van der Waals surface area contributed by atoms with Gasteiger partial charge in [0.1, 0.15) is 5.75 Å². The van der Waals surface area contributed by atoms with Crippen molar-refractivity contribution in [2.75, 3.05) is 25.0 Å². The van der Waals surface area contributed by atoms with Gasteiger partial charge >= 0.3 is 0 Å². The number of hydrogen-bond acceptors (Lipinski definition) is 6. The van der Waals surface area contributed by atoms with Crippen molar-refractivity contribution >= 4 is 43.2 Å². The number of sulfonamides is 1. The van der Waals surface area contributed by atoms with Crippen molar-refractivity contribution in [1.29, 1.82) is 0 Å². The molecule has 2 atom stereocenters. The SMILES string of the molecule is C[C@H]1CN(S(=O)(=O)c2ccc3c(c2)CCO3)CC[C@@H]1C(=O)Nc1ccc2scnc2c1. The summed E-state index contributed by atoms with van der Waals surface area (Å²) in [6, 6.07) is 10.7. The largest absolute Gasteiger partial charge is 0.493 e. The predicted octanol–water partition coefficient (Wildman–Crippen LogP) is 3.52. The third-order valence-electron chi connectivity index (χ3n) is 6.10. The number of aromatic nitrogens is 1. The second-order valence-corrected chi connectivity index (χ2v) is 11.0. The van der Waals surface area contributed by atoms with Crippen LogP contribution < -0.4 is 10.1 Å². The summed E-state index contributed by atoms with van der Waals surface area (Å²) in [6.45, 7) is 3.17. The number of carbonyl (C=O) groups is 1. The molecule has 3 heterocycles. The molecule has 162 valence electrons. The molecule has 31 heavy (non-hydrogen) atoms. The van der Waals surface area contributed by atoms with E-state index < -0.39 is 10.0 Å². The number of thiazole rings is 1. The Balaban J connectivity index is 1.27. The minimum Gasteiger partial charge on any atom is -0.493 e. The average Bonchev–Trinajstić information content (AvgIpc) is 3.41. The highest BCUT2D eigenvalue weighted by atomic mass is 32.2. The first-order valence-corrected chi connectivity index (χ1v) is 12.6. The zero-order valence-electron chi connectivity index (χ0n) is 17.1. The third kappa shape index (κ3) is 3.81. The number of benzene rings is 2. The van der Waals surface area contributed by atoms with Crippen LogP contribution in [-0.4, -0.2) is 43.3 Å². The van der Waals surface area contributed by atoms with Crippen molar-refractivity contribution in [1.82, 2.24) is 9.29 Å². The molecule has 1 fully saturated rings. The fraction of sp³-hybridized carbons (Fsp3) is 0.364. The molecular formula is C22H23N3O4S2. The summed E-state index contributed by atoms with van der Waals surface area (Å²) in [7, 11) is -3.60. The molecule has 0 spiro atoms. The van der Waals surface area contributed by atoms with Gasteiger partial charge < -0.3 is 10.1 Å². The molecule has 2 aromatic carbocycles. The Hall–Kier alpha value is -2.49. The maximum absolute atomic E-state index is 13.2. The van der Waals surface area contributed by atoms with Gasteiger partial charge in [-0.2, -0.15) is 4.31 Å². The highest BCUT2D eigenvalue weighted by Crippen LogP contribution is 2.32. The zero-order chi connectivity index (χ0) is 21.6. The fourth-order valence-corrected chi connectivity index (χ4v) is 6.62. The van der Waals surface area contributed by atoms with Gasteiger partial charge in [0.2, 0.25) is 15.9 Å². The van der Waals surface area contributed by atoms with Crippen LogP contribution in [0.4, 0.5) is 5.69 Å². The normalized spacial score (nSPS) is 21.6. The van der Waals surface area contributed by atoms with Gasteiger partial charge in [0.05, 0.1) is 27.2 Å². The van der Waals surface area contributed by atoms with Gasteiger partial charge in [-0.05, 0) is 54.3 Å². The highest BCUT2D eigenvalue weighted by molar-refractivity contribution is 7.89. The van der Waals surface area contributed by atoms with Crippen molar-refractivity contribution in [3.8, 4) is 5.75 Å². The molecule has 1 N–H and O–H groups in total. The number of carbonyl (C=O) groups excluding carboxylic acids is 1. The molecule has 7 nitrogen and oxygen atoms in total. The van der Waals surface area contributed by atoms with E-state index in [1.54, 1.807) is 35.0 Å². The molecule has 0 bridgehead atoms. The summed E-state index contributed by atoms with van der Waals surface area (Å²) in [5.74, 6) is 0.350. The van der Waals surface area contributed by atoms with Crippen LogP contribution in [0.5, 0.6) is 5.75 Å². The van der Waals surface area contributed by atoms with Crippen molar-refractivity contribution < 1.29 is 17.9 Å². The van der Waals surface area contributed by atoms with Gasteiger partial charge in [-0.1, -0.05) is 6.92 Å². The smallest absolute Gasteiger partial charge is 0.243 e. The Morgan fingerprint density at radius 3 is 2.97 bits per heavy atom. The Morgan fingerprint density at radius 2 is 2.13 bits per heavy atom. The van der Waals surface area contributed by atoms with Crippen LogP contribution in [0, 0.1) is 11.8 Å². The molecule has 2 aliphatic rings. The lowest BCUT2D eigenvalue weighted by molar-refractivity contribution is -0.122. The summed E-state index contributed by atoms with van der Waals surface area (Å²) in [4.78, 5) is 17.5. The third-order valence-corrected chi connectivity index (χ3v) is 8.77. The molecule has 9 heteroatoms. The molecule has 0 unspecified atom stereocenters. The van der Waals surface area contributed by atoms with Gasteiger partial charge in [-0.15, -0.1) is 11.3 Å². The maximum Gasteiger partial charge on any atom is 0.243 e. The van der Waals surface area contributed by atoms with E-state index in [0.717, 1.165) is 28.0 Å². The van der Waals surface area contributed by atoms with Gasteiger partial charge in [0.15, 0.2) is 0 Å². The second kappa shape index (κ2) is 7.89. The molecule has 1 saturated heterocycles. The molecule has 1 amide bonds. The van der Waals surface area contributed by atoms with Crippen molar-refractivity contribution in [2.45, 2.75) is 24.7 Å². The number of ether oxygens (including phenoxy) is 1. The molecule has 3 aromatic rings. The summed E-state index contributed by atoms with van der Waals surface area (Å²) in [5.41, 5.74) is 4.28. The van der Waals surface area contributed by atoms with Crippen LogP contribution >= 0.6 is 11.3 Å². The quantitative estimate of drug-likeness (QED) is 0.648. The molecule has 0 aliphatic carbocycles. The lowest BCUT2D eigenvalue weighted by atomic mass is 9.87. The number of rotatable bonds is 4. The van der Waals surface area contributed by atoms with Gasteiger partial charge in [-0.3, -0.25) is 4.79 Å². The zero-order valence-corrected chi connectivity index (χ0v) is 18.7. The number of piperidine rings is 1.